The van der Waals surface area contributed by atoms with E-state index in [1.165, 1.54) is 30.1 Å². The molecule has 2 aromatic rings. The Morgan fingerprint density at radius 1 is 1.23 bits per heavy atom. The van der Waals surface area contributed by atoms with Crippen LogP contribution in [0.3, 0.4) is 0 Å². The Labute approximate surface area is 183 Å². The summed E-state index contributed by atoms with van der Waals surface area (Å²) in [6.07, 6.45) is 1.54. The van der Waals surface area contributed by atoms with E-state index in [2.05, 4.69) is 4.99 Å². The highest BCUT2D eigenvalue weighted by Crippen LogP contribution is 2.52. The number of non-ortho nitro benzene ring substituents is 1. The molecule has 160 valence electrons. The molecule has 2 aliphatic heterocycles. The molecule has 0 saturated carbocycles. The summed E-state index contributed by atoms with van der Waals surface area (Å²) in [6.45, 7) is 4.01. The maximum absolute atomic E-state index is 12.8. The van der Waals surface area contributed by atoms with Crippen LogP contribution in [-0.2, 0) is 20.9 Å². The van der Waals surface area contributed by atoms with Gasteiger partial charge in [-0.1, -0.05) is 30.3 Å². The Balaban J connectivity index is 1.43. The first-order valence-electron chi connectivity index (χ1n) is 9.76. The Morgan fingerprint density at radius 2 is 1.90 bits per heavy atom. The van der Waals surface area contributed by atoms with Gasteiger partial charge in [0.2, 0.25) is 0 Å². The van der Waals surface area contributed by atoms with Crippen molar-refractivity contribution >= 4 is 35.5 Å². The molecule has 0 spiro atoms. The van der Waals surface area contributed by atoms with E-state index in [1.807, 2.05) is 44.2 Å². The third kappa shape index (κ3) is 4.05. The number of aliphatic imine (C=N–C) groups is 1. The van der Waals surface area contributed by atoms with Crippen LogP contribution < -0.4 is 0 Å². The third-order valence-electron chi connectivity index (χ3n) is 5.35. The van der Waals surface area contributed by atoms with Gasteiger partial charge in [-0.05, 0) is 37.1 Å². The second-order valence-corrected chi connectivity index (χ2v) is 9.70. The summed E-state index contributed by atoms with van der Waals surface area (Å²) in [7, 11) is 0. The number of hydrogen-bond acceptors (Lipinski definition) is 7. The van der Waals surface area contributed by atoms with E-state index in [-0.39, 0.29) is 23.6 Å². The first kappa shape index (κ1) is 21.0. The van der Waals surface area contributed by atoms with Gasteiger partial charge in [-0.3, -0.25) is 19.9 Å². The van der Waals surface area contributed by atoms with Crippen molar-refractivity contribution in [1.29, 1.82) is 0 Å². The van der Waals surface area contributed by atoms with Crippen molar-refractivity contribution in [3.05, 3.63) is 75.8 Å². The van der Waals surface area contributed by atoms with Crippen LogP contribution >= 0.6 is 11.8 Å². The highest BCUT2D eigenvalue weighted by Gasteiger charge is 2.64. The molecule has 1 unspecified atom stereocenters. The number of thioether (sulfide) groups is 1. The Kier molecular flexibility index (Phi) is 5.53. The fourth-order valence-electron chi connectivity index (χ4n) is 3.77. The molecular formula is C22H21N3O5S. The van der Waals surface area contributed by atoms with Gasteiger partial charge in [0.25, 0.3) is 11.6 Å². The number of amides is 1. The Morgan fingerprint density at radius 3 is 2.55 bits per heavy atom. The zero-order chi connectivity index (χ0) is 22.2. The number of ether oxygens (including phenoxy) is 1. The van der Waals surface area contributed by atoms with Crippen LogP contribution in [0.5, 0.6) is 0 Å². The summed E-state index contributed by atoms with van der Waals surface area (Å²) in [5.74, 6) is -0.641. The van der Waals surface area contributed by atoms with Gasteiger partial charge in [-0.25, -0.2) is 4.79 Å². The molecule has 0 N–H and O–H groups in total. The lowest BCUT2D eigenvalue weighted by molar-refractivity contribution is -0.384. The van der Waals surface area contributed by atoms with Crippen LogP contribution in [-0.4, -0.2) is 50.1 Å². The van der Waals surface area contributed by atoms with Crippen molar-refractivity contribution in [2.24, 2.45) is 4.99 Å². The minimum atomic E-state index is -0.676. The third-order valence-corrected chi connectivity index (χ3v) is 6.91. The number of fused-ring (bicyclic) bond motifs is 1. The van der Waals surface area contributed by atoms with Crippen molar-refractivity contribution < 1.29 is 19.2 Å². The van der Waals surface area contributed by atoms with E-state index in [1.54, 1.807) is 17.0 Å². The molecule has 1 amide bonds. The number of carbonyl (C=O) groups is 2. The molecule has 4 rings (SSSR count). The Hall–Kier alpha value is -3.20. The summed E-state index contributed by atoms with van der Waals surface area (Å²) in [5.41, 5.74) is 1.54. The van der Waals surface area contributed by atoms with E-state index in [4.69, 9.17) is 4.74 Å². The smallest absolute Gasteiger partial charge is 0.330 e. The van der Waals surface area contributed by atoms with E-state index in [0.29, 0.717) is 5.56 Å². The average molecular weight is 439 g/mol. The number of β-lactam (4-membered cyclic amide) rings is 1. The second-order valence-electron chi connectivity index (χ2n) is 7.92. The van der Waals surface area contributed by atoms with Crippen molar-refractivity contribution in [3.63, 3.8) is 0 Å². The zero-order valence-corrected chi connectivity index (χ0v) is 17.8. The molecule has 0 radical (unpaired) electrons. The SMILES string of the molecule is CC1(C)S[C@@H]2[C@@H](N=Cc3ccc([N+](=O)[O-])cc3)C(=O)N2C1C(=O)OCc1ccccc1. The summed E-state index contributed by atoms with van der Waals surface area (Å²) in [4.78, 5) is 41.9. The highest BCUT2D eigenvalue weighted by atomic mass is 32.2. The molecule has 3 atom stereocenters. The molecule has 0 aromatic heterocycles. The lowest BCUT2D eigenvalue weighted by Gasteiger charge is -2.41. The first-order valence-corrected chi connectivity index (χ1v) is 10.6. The van der Waals surface area contributed by atoms with Crippen LogP contribution in [0, 0.1) is 10.1 Å². The number of rotatable bonds is 6. The normalized spacial score (nSPS) is 24.0. The molecule has 31 heavy (non-hydrogen) atoms. The summed E-state index contributed by atoms with van der Waals surface area (Å²) in [5, 5.41) is 10.5. The monoisotopic (exact) mass is 439 g/mol. The number of nitro benzene ring substituents is 1. The lowest BCUT2D eigenvalue weighted by atomic mass is 9.96. The van der Waals surface area contributed by atoms with Crippen LogP contribution in [0.1, 0.15) is 25.0 Å². The molecule has 2 heterocycles. The van der Waals surface area contributed by atoms with Crippen molar-refractivity contribution in [2.75, 3.05) is 0 Å². The van der Waals surface area contributed by atoms with Crippen LogP contribution in [0.2, 0.25) is 0 Å². The van der Waals surface area contributed by atoms with Crippen LogP contribution in [0.25, 0.3) is 0 Å². The number of nitrogens with zero attached hydrogens (tertiary/aromatic N) is 3. The molecule has 8 nitrogen and oxygen atoms in total. The maximum atomic E-state index is 12.8. The molecule has 2 aromatic carbocycles. The standard InChI is InChI=1S/C22H21N3O5S/c1-22(2)18(21(27)30-13-15-6-4-3-5-7-15)24-19(26)17(20(24)31-22)23-12-14-8-10-16(11-9-14)25(28)29/h3-12,17-18,20H,13H2,1-2H3/t17-,18?,20+/m0/s1. The van der Waals surface area contributed by atoms with Crippen LogP contribution in [0.4, 0.5) is 5.69 Å². The van der Waals surface area contributed by atoms with Gasteiger partial charge >= 0.3 is 5.97 Å². The molecule has 2 aliphatic rings. The minimum Gasteiger partial charge on any atom is -0.459 e. The summed E-state index contributed by atoms with van der Waals surface area (Å²) in [6, 6.07) is 14.1. The predicted octanol–water partition coefficient (Wildman–Crippen LogP) is 3.19. The van der Waals surface area contributed by atoms with E-state index >= 15 is 0 Å². The number of hydrogen-bond donors (Lipinski definition) is 0. The molecule has 0 bridgehead atoms. The van der Waals surface area contributed by atoms with Gasteiger partial charge in [0.05, 0.1) is 4.92 Å². The van der Waals surface area contributed by atoms with Gasteiger partial charge in [0, 0.05) is 23.1 Å². The summed E-state index contributed by atoms with van der Waals surface area (Å²) < 4.78 is 5.00. The number of esters is 1. The predicted molar refractivity (Wildman–Crippen MR) is 117 cm³/mol. The highest BCUT2D eigenvalue weighted by molar-refractivity contribution is 8.01. The zero-order valence-electron chi connectivity index (χ0n) is 17.0. The lowest BCUT2D eigenvalue weighted by Crippen LogP contribution is -2.65. The minimum absolute atomic E-state index is 0.00648. The summed E-state index contributed by atoms with van der Waals surface area (Å²) >= 11 is 1.53. The van der Waals surface area contributed by atoms with E-state index < -0.39 is 27.7 Å². The largest absolute Gasteiger partial charge is 0.459 e. The average Bonchev–Trinajstić information content (AvgIpc) is 3.01. The molecule has 2 saturated heterocycles. The topological polar surface area (TPSA) is 102 Å². The second kappa shape index (κ2) is 8.14. The van der Waals surface area contributed by atoms with Crippen molar-refractivity contribution in [3.8, 4) is 0 Å². The maximum Gasteiger partial charge on any atom is 0.330 e. The van der Waals surface area contributed by atoms with E-state index in [0.717, 1.165) is 5.56 Å². The number of benzene rings is 2. The van der Waals surface area contributed by atoms with Crippen molar-refractivity contribution in [1.82, 2.24) is 4.90 Å². The molecule has 2 fully saturated rings. The van der Waals surface area contributed by atoms with Crippen LogP contribution in [0.15, 0.2) is 59.6 Å². The molecular weight excluding hydrogens is 418 g/mol. The Bertz CT molecular complexity index is 1040. The molecule has 9 heteroatoms. The fourth-order valence-corrected chi connectivity index (χ4v) is 5.38. The number of carbonyl (C=O) groups excluding carboxylic acids is 2. The van der Waals surface area contributed by atoms with Gasteiger partial charge < -0.3 is 9.64 Å². The van der Waals surface area contributed by atoms with E-state index in [9.17, 15) is 19.7 Å². The fraction of sp³-hybridized carbons (Fsp3) is 0.318. The van der Waals surface area contributed by atoms with Gasteiger partial charge in [-0.15, -0.1) is 11.8 Å². The van der Waals surface area contributed by atoms with Gasteiger partial charge in [0.1, 0.15) is 18.0 Å². The number of nitro groups is 1. The molecule has 0 aliphatic carbocycles. The first-order chi connectivity index (χ1) is 14.8. The van der Waals surface area contributed by atoms with Gasteiger partial charge in [-0.2, -0.15) is 0 Å². The van der Waals surface area contributed by atoms with Gasteiger partial charge in [0.15, 0.2) is 6.04 Å². The van der Waals surface area contributed by atoms with Crippen molar-refractivity contribution in [2.45, 2.75) is 42.7 Å². The quantitative estimate of drug-likeness (QED) is 0.225.